The van der Waals surface area contributed by atoms with Crippen molar-refractivity contribution in [3.63, 3.8) is 0 Å². The third kappa shape index (κ3) is 2.62. The number of sulfone groups is 1. The highest BCUT2D eigenvalue weighted by Gasteiger charge is 2.29. The van der Waals surface area contributed by atoms with Gasteiger partial charge in [-0.15, -0.1) is 0 Å². The molecule has 0 aromatic carbocycles. The Morgan fingerprint density at radius 1 is 1.61 bits per heavy atom. The Morgan fingerprint density at radius 2 is 2.33 bits per heavy atom. The van der Waals surface area contributed by atoms with E-state index < -0.39 is 9.84 Å². The van der Waals surface area contributed by atoms with Gasteiger partial charge in [0.2, 0.25) is 0 Å². The molecule has 0 bridgehead atoms. The summed E-state index contributed by atoms with van der Waals surface area (Å²) in [5, 5.41) is 0. The van der Waals surface area contributed by atoms with E-state index in [9.17, 15) is 8.42 Å². The minimum absolute atomic E-state index is 0.0963. The molecule has 2 N–H and O–H groups in total. The van der Waals surface area contributed by atoms with Gasteiger partial charge in [-0.2, -0.15) is 0 Å². The number of pyridine rings is 1. The summed E-state index contributed by atoms with van der Waals surface area (Å²) in [7, 11) is -2.93. The van der Waals surface area contributed by atoms with Gasteiger partial charge in [-0.3, -0.25) is 4.98 Å². The van der Waals surface area contributed by atoms with E-state index in [-0.39, 0.29) is 17.5 Å². The molecule has 0 spiro atoms. The summed E-state index contributed by atoms with van der Waals surface area (Å²) in [5.74, 6) is 0.307. The molecule has 1 atom stereocenters. The van der Waals surface area contributed by atoms with Gasteiger partial charge in [0.25, 0.3) is 0 Å². The Balaban J connectivity index is 2.36. The fourth-order valence-electron chi connectivity index (χ4n) is 2.18. The lowest BCUT2D eigenvalue weighted by Crippen LogP contribution is -2.47. The molecule has 98 valence electrons. The van der Waals surface area contributed by atoms with Gasteiger partial charge in [-0.1, -0.05) is 12.2 Å². The van der Waals surface area contributed by atoms with Crippen LogP contribution >= 0.6 is 12.2 Å². The van der Waals surface area contributed by atoms with Gasteiger partial charge in [0.1, 0.15) is 4.99 Å². The van der Waals surface area contributed by atoms with Crippen LogP contribution in [0.2, 0.25) is 0 Å². The molecule has 0 radical (unpaired) electrons. The Morgan fingerprint density at radius 3 is 2.94 bits per heavy atom. The van der Waals surface area contributed by atoms with Gasteiger partial charge in [0.15, 0.2) is 9.84 Å². The van der Waals surface area contributed by atoms with Crippen molar-refractivity contribution in [1.29, 1.82) is 0 Å². The Kier molecular flexibility index (Phi) is 3.54. The SMILES string of the molecule is CC1CS(=O)(=O)CCN1c1cnccc1C(N)=S. The van der Waals surface area contributed by atoms with Crippen molar-refractivity contribution < 1.29 is 8.42 Å². The number of thiocarbonyl (C=S) groups is 1. The van der Waals surface area contributed by atoms with Crippen LogP contribution in [0.3, 0.4) is 0 Å². The first-order chi connectivity index (χ1) is 8.41. The lowest BCUT2D eigenvalue weighted by molar-refractivity contribution is 0.568. The van der Waals surface area contributed by atoms with Crippen molar-refractivity contribution in [1.82, 2.24) is 4.98 Å². The van der Waals surface area contributed by atoms with Crippen molar-refractivity contribution in [3.05, 3.63) is 24.0 Å². The van der Waals surface area contributed by atoms with Gasteiger partial charge in [-0.05, 0) is 13.0 Å². The van der Waals surface area contributed by atoms with Gasteiger partial charge in [-0.25, -0.2) is 8.42 Å². The van der Waals surface area contributed by atoms with Crippen molar-refractivity contribution in [2.24, 2.45) is 5.73 Å². The second kappa shape index (κ2) is 4.81. The van der Waals surface area contributed by atoms with Crippen LogP contribution < -0.4 is 10.6 Å². The lowest BCUT2D eigenvalue weighted by Gasteiger charge is -2.35. The average Bonchev–Trinajstić information content (AvgIpc) is 2.28. The third-order valence-corrected chi connectivity index (χ3v) is 5.06. The standard InChI is InChI=1S/C11H15N3O2S2/c1-8-7-18(15,16)5-4-14(8)10-6-13-3-2-9(10)11(12)17/h2-3,6,8H,4-5,7H2,1H3,(H2,12,17). The predicted octanol–water partition coefficient (Wildman–Crippen LogP) is 0.339. The molecule has 1 aromatic rings. The highest BCUT2D eigenvalue weighted by Crippen LogP contribution is 2.24. The molecule has 0 aliphatic carbocycles. The molecule has 1 aromatic heterocycles. The molecule has 1 fully saturated rings. The van der Waals surface area contributed by atoms with Gasteiger partial charge in [0.05, 0.1) is 23.4 Å². The van der Waals surface area contributed by atoms with E-state index in [1.54, 1.807) is 18.5 Å². The maximum Gasteiger partial charge on any atom is 0.154 e. The van der Waals surface area contributed by atoms with E-state index >= 15 is 0 Å². The maximum atomic E-state index is 11.6. The van der Waals surface area contributed by atoms with Crippen molar-refractivity contribution in [2.75, 3.05) is 23.0 Å². The first-order valence-corrected chi connectivity index (χ1v) is 7.84. The van der Waals surface area contributed by atoms with Crippen LogP contribution in [-0.4, -0.2) is 42.5 Å². The predicted molar refractivity (Wildman–Crippen MR) is 75.6 cm³/mol. The van der Waals surface area contributed by atoms with E-state index in [2.05, 4.69) is 4.98 Å². The number of anilines is 1. The molecule has 7 heteroatoms. The zero-order valence-corrected chi connectivity index (χ0v) is 11.7. The van der Waals surface area contributed by atoms with E-state index in [0.29, 0.717) is 11.5 Å². The van der Waals surface area contributed by atoms with E-state index in [1.807, 2.05) is 11.8 Å². The molecule has 5 nitrogen and oxygen atoms in total. The summed E-state index contributed by atoms with van der Waals surface area (Å²) < 4.78 is 23.1. The van der Waals surface area contributed by atoms with Crippen LogP contribution in [0.5, 0.6) is 0 Å². The van der Waals surface area contributed by atoms with Crippen LogP contribution in [-0.2, 0) is 9.84 Å². The van der Waals surface area contributed by atoms with Crippen LogP contribution in [0.1, 0.15) is 12.5 Å². The summed E-state index contributed by atoms with van der Waals surface area (Å²) in [4.78, 5) is 6.37. The van der Waals surface area contributed by atoms with E-state index in [0.717, 1.165) is 11.3 Å². The molecule has 1 aliphatic heterocycles. The fourth-order valence-corrected chi connectivity index (χ4v) is 3.91. The number of nitrogens with zero attached hydrogens (tertiary/aromatic N) is 2. The lowest BCUT2D eigenvalue weighted by atomic mass is 10.1. The zero-order chi connectivity index (χ0) is 13.3. The monoisotopic (exact) mass is 285 g/mol. The minimum Gasteiger partial charge on any atom is -0.389 e. The number of aromatic nitrogens is 1. The second-order valence-electron chi connectivity index (χ2n) is 4.41. The molecular formula is C11H15N3O2S2. The molecule has 2 rings (SSSR count). The first kappa shape index (κ1) is 13.2. The number of hydrogen-bond acceptors (Lipinski definition) is 5. The molecule has 1 saturated heterocycles. The van der Waals surface area contributed by atoms with Crippen molar-refractivity contribution in [2.45, 2.75) is 13.0 Å². The van der Waals surface area contributed by atoms with Crippen LogP contribution in [0.25, 0.3) is 0 Å². The normalized spacial score (nSPS) is 22.7. The smallest absolute Gasteiger partial charge is 0.154 e. The summed E-state index contributed by atoms with van der Waals surface area (Å²) in [6, 6.07) is 1.66. The molecule has 2 heterocycles. The highest BCUT2D eigenvalue weighted by molar-refractivity contribution is 7.91. The first-order valence-electron chi connectivity index (χ1n) is 5.61. The number of rotatable bonds is 2. The highest BCUT2D eigenvalue weighted by atomic mass is 32.2. The van der Waals surface area contributed by atoms with Crippen LogP contribution in [0.4, 0.5) is 5.69 Å². The zero-order valence-electron chi connectivity index (χ0n) is 10.0. The van der Waals surface area contributed by atoms with Gasteiger partial charge < -0.3 is 10.6 Å². The van der Waals surface area contributed by atoms with Gasteiger partial charge >= 0.3 is 0 Å². The summed E-state index contributed by atoms with van der Waals surface area (Å²) in [6.45, 7) is 2.33. The van der Waals surface area contributed by atoms with E-state index in [1.165, 1.54) is 0 Å². The summed E-state index contributed by atoms with van der Waals surface area (Å²) in [6.07, 6.45) is 3.31. The number of nitrogens with two attached hydrogens (primary N) is 1. The van der Waals surface area contributed by atoms with Crippen molar-refractivity contribution in [3.8, 4) is 0 Å². The Bertz CT molecular complexity index is 571. The minimum atomic E-state index is -2.93. The average molecular weight is 285 g/mol. The maximum absolute atomic E-state index is 11.6. The van der Waals surface area contributed by atoms with Crippen molar-refractivity contribution >= 4 is 32.7 Å². The largest absolute Gasteiger partial charge is 0.389 e. The molecule has 18 heavy (non-hydrogen) atoms. The van der Waals surface area contributed by atoms with Gasteiger partial charge in [0, 0.05) is 24.3 Å². The van der Waals surface area contributed by atoms with Crippen LogP contribution in [0.15, 0.2) is 18.5 Å². The third-order valence-electron chi connectivity index (χ3n) is 3.05. The molecule has 0 amide bonds. The second-order valence-corrected chi connectivity index (χ2v) is 7.08. The molecule has 1 aliphatic rings. The summed E-state index contributed by atoms with van der Waals surface area (Å²) >= 11 is 5.01. The van der Waals surface area contributed by atoms with Crippen LogP contribution in [0, 0.1) is 0 Å². The summed E-state index contributed by atoms with van der Waals surface area (Å²) in [5.41, 5.74) is 7.23. The number of hydrogen-bond donors (Lipinski definition) is 1. The molecular weight excluding hydrogens is 270 g/mol. The molecule has 0 saturated carbocycles. The fraction of sp³-hybridized carbons (Fsp3) is 0.455. The Labute approximate surface area is 112 Å². The Hall–Kier alpha value is -1.21. The van der Waals surface area contributed by atoms with E-state index in [4.69, 9.17) is 18.0 Å². The topological polar surface area (TPSA) is 76.3 Å². The molecule has 1 unspecified atom stereocenters. The quantitative estimate of drug-likeness (QED) is 0.790.